The van der Waals surface area contributed by atoms with Gasteiger partial charge in [-0.1, -0.05) is 13.8 Å². The molecule has 1 aromatic heterocycles. The largest absolute Gasteiger partial charge is 0.477 e. The van der Waals surface area contributed by atoms with Gasteiger partial charge in [0.2, 0.25) is 5.88 Å². The molecule has 0 saturated heterocycles. The van der Waals surface area contributed by atoms with Crippen LogP contribution in [0.2, 0.25) is 0 Å². The van der Waals surface area contributed by atoms with E-state index in [1.165, 1.54) is 0 Å². The van der Waals surface area contributed by atoms with Gasteiger partial charge in [-0.15, -0.1) is 0 Å². The molecule has 0 unspecified atom stereocenters. The molecule has 0 fully saturated rings. The molecule has 0 radical (unpaired) electrons. The lowest BCUT2D eigenvalue weighted by Gasteiger charge is -2.10. The summed E-state index contributed by atoms with van der Waals surface area (Å²) < 4.78 is 6.51. The normalized spacial score (nSPS) is 10.7. The number of nitrogens with two attached hydrogens (primary N) is 1. The summed E-state index contributed by atoms with van der Waals surface area (Å²) in [4.78, 5) is 4.20. The summed E-state index contributed by atoms with van der Waals surface area (Å²) in [5.74, 6) is 1.29. The molecule has 2 N–H and O–H groups in total. The predicted octanol–water partition coefficient (Wildman–Crippen LogP) is 2.73. The molecule has 1 rings (SSSR count). The maximum atomic E-state index is 5.61. The van der Waals surface area contributed by atoms with Gasteiger partial charge < -0.3 is 10.5 Å². The molecule has 4 heteroatoms. The molecule has 0 aromatic carbocycles. The first-order valence-corrected chi connectivity index (χ1v) is 5.90. The molecule has 0 aliphatic carbocycles. The fourth-order valence-electron chi connectivity index (χ4n) is 1.14. The van der Waals surface area contributed by atoms with Crippen LogP contribution in [0.5, 0.6) is 5.88 Å². The van der Waals surface area contributed by atoms with Gasteiger partial charge in [0.05, 0.1) is 6.61 Å². The number of halogens is 1. The van der Waals surface area contributed by atoms with Crippen molar-refractivity contribution in [1.29, 1.82) is 0 Å². The number of hydrogen-bond acceptors (Lipinski definition) is 3. The summed E-state index contributed by atoms with van der Waals surface area (Å²) in [6, 6.07) is 1.94. The van der Waals surface area contributed by atoms with Crippen molar-refractivity contribution in [3.8, 4) is 5.88 Å². The average Bonchev–Trinajstić information content (AvgIpc) is 2.19. The van der Waals surface area contributed by atoms with E-state index in [-0.39, 0.29) is 0 Å². The Balaban J connectivity index is 2.60. The number of pyridine rings is 1. The van der Waals surface area contributed by atoms with Gasteiger partial charge in [-0.2, -0.15) is 0 Å². The molecule has 0 spiro atoms. The molecule has 1 heterocycles. The van der Waals surface area contributed by atoms with E-state index in [9.17, 15) is 0 Å². The summed E-state index contributed by atoms with van der Waals surface area (Å²) in [5.41, 5.74) is 6.55. The van der Waals surface area contributed by atoms with Crippen molar-refractivity contribution in [2.75, 3.05) is 6.61 Å². The van der Waals surface area contributed by atoms with Crippen LogP contribution >= 0.6 is 15.9 Å². The summed E-state index contributed by atoms with van der Waals surface area (Å²) >= 11 is 3.35. The fourth-order valence-corrected chi connectivity index (χ4v) is 1.51. The second-order valence-corrected chi connectivity index (χ2v) is 4.77. The maximum absolute atomic E-state index is 5.61. The van der Waals surface area contributed by atoms with E-state index in [1.807, 2.05) is 6.07 Å². The Morgan fingerprint density at radius 1 is 1.53 bits per heavy atom. The molecule has 0 aliphatic rings. The number of nitrogens with zero attached hydrogens (tertiary/aromatic N) is 1. The third kappa shape index (κ3) is 4.18. The number of hydrogen-bond donors (Lipinski definition) is 1. The van der Waals surface area contributed by atoms with Gasteiger partial charge in [-0.3, -0.25) is 0 Å². The van der Waals surface area contributed by atoms with Gasteiger partial charge in [0, 0.05) is 22.8 Å². The van der Waals surface area contributed by atoms with Crippen molar-refractivity contribution >= 4 is 15.9 Å². The lowest BCUT2D eigenvalue weighted by Crippen LogP contribution is -2.07. The first-order chi connectivity index (χ1) is 7.13. The summed E-state index contributed by atoms with van der Waals surface area (Å²) in [7, 11) is 0. The van der Waals surface area contributed by atoms with Crippen LogP contribution < -0.4 is 10.5 Å². The van der Waals surface area contributed by atoms with E-state index in [0.717, 1.165) is 16.5 Å². The lowest BCUT2D eigenvalue weighted by molar-refractivity contribution is 0.276. The Hall–Kier alpha value is -0.610. The minimum atomic E-state index is 0.448. The average molecular weight is 273 g/mol. The molecule has 1 aromatic rings. The standard InChI is InChI=1S/C11H17BrN2O/c1-8(2)3-4-15-11-9(6-13)5-10(12)7-14-11/h5,7-8H,3-4,6,13H2,1-2H3. The van der Waals surface area contributed by atoms with Gasteiger partial charge in [-0.05, 0) is 34.3 Å². The Morgan fingerprint density at radius 2 is 2.27 bits per heavy atom. The second-order valence-electron chi connectivity index (χ2n) is 3.85. The SMILES string of the molecule is CC(C)CCOc1ncc(Br)cc1CN. The summed E-state index contributed by atoms with van der Waals surface area (Å²) in [5, 5.41) is 0. The van der Waals surface area contributed by atoms with Crippen LogP contribution in [0.15, 0.2) is 16.7 Å². The van der Waals surface area contributed by atoms with Gasteiger partial charge >= 0.3 is 0 Å². The van der Waals surface area contributed by atoms with E-state index in [1.54, 1.807) is 6.20 Å². The van der Waals surface area contributed by atoms with Crippen LogP contribution in [-0.4, -0.2) is 11.6 Å². The van der Waals surface area contributed by atoms with E-state index in [2.05, 4.69) is 34.8 Å². The van der Waals surface area contributed by atoms with Crippen LogP contribution in [0.4, 0.5) is 0 Å². The van der Waals surface area contributed by atoms with Crippen LogP contribution in [0.1, 0.15) is 25.8 Å². The molecule has 0 saturated carbocycles. The minimum absolute atomic E-state index is 0.448. The number of rotatable bonds is 5. The highest BCUT2D eigenvalue weighted by Crippen LogP contribution is 2.19. The molecule has 0 amide bonds. The Morgan fingerprint density at radius 3 is 2.87 bits per heavy atom. The van der Waals surface area contributed by atoms with Gasteiger partial charge in [0.1, 0.15) is 0 Å². The smallest absolute Gasteiger partial charge is 0.217 e. The quantitative estimate of drug-likeness (QED) is 0.897. The van der Waals surface area contributed by atoms with Crippen molar-refractivity contribution in [3.63, 3.8) is 0 Å². The van der Waals surface area contributed by atoms with Crippen LogP contribution in [0, 0.1) is 5.92 Å². The van der Waals surface area contributed by atoms with Gasteiger partial charge in [0.15, 0.2) is 0 Å². The van der Waals surface area contributed by atoms with E-state index in [0.29, 0.717) is 24.9 Å². The lowest BCUT2D eigenvalue weighted by atomic mass is 10.1. The van der Waals surface area contributed by atoms with E-state index in [4.69, 9.17) is 10.5 Å². The van der Waals surface area contributed by atoms with Gasteiger partial charge in [-0.25, -0.2) is 4.98 Å². The molecule has 3 nitrogen and oxygen atoms in total. The van der Waals surface area contributed by atoms with Crippen LogP contribution in [0.25, 0.3) is 0 Å². The van der Waals surface area contributed by atoms with Crippen molar-refractivity contribution in [2.45, 2.75) is 26.8 Å². The summed E-state index contributed by atoms with van der Waals surface area (Å²) in [6.45, 7) is 5.48. The highest BCUT2D eigenvalue weighted by molar-refractivity contribution is 9.10. The third-order valence-electron chi connectivity index (χ3n) is 2.05. The van der Waals surface area contributed by atoms with E-state index >= 15 is 0 Å². The molecule has 15 heavy (non-hydrogen) atoms. The Bertz CT molecular complexity index is 315. The Labute approximate surface area is 99.2 Å². The zero-order valence-electron chi connectivity index (χ0n) is 9.16. The summed E-state index contributed by atoms with van der Waals surface area (Å²) in [6.07, 6.45) is 2.76. The number of ether oxygens (including phenoxy) is 1. The monoisotopic (exact) mass is 272 g/mol. The van der Waals surface area contributed by atoms with Crippen molar-refractivity contribution in [2.24, 2.45) is 11.7 Å². The maximum Gasteiger partial charge on any atom is 0.217 e. The van der Waals surface area contributed by atoms with E-state index < -0.39 is 0 Å². The molecular formula is C11H17BrN2O. The van der Waals surface area contributed by atoms with Crippen molar-refractivity contribution in [3.05, 3.63) is 22.3 Å². The zero-order chi connectivity index (χ0) is 11.3. The number of aromatic nitrogens is 1. The van der Waals surface area contributed by atoms with Gasteiger partial charge in [0.25, 0.3) is 0 Å². The molecule has 0 atom stereocenters. The highest BCUT2D eigenvalue weighted by atomic mass is 79.9. The van der Waals surface area contributed by atoms with Crippen LogP contribution in [-0.2, 0) is 6.54 Å². The minimum Gasteiger partial charge on any atom is -0.477 e. The highest BCUT2D eigenvalue weighted by Gasteiger charge is 2.05. The molecule has 84 valence electrons. The van der Waals surface area contributed by atoms with Crippen LogP contribution in [0.3, 0.4) is 0 Å². The fraction of sp³-hybridized carbons (Fsp3) is 0.545. The molecule has 0 bridgehead atoms. The topological polar surface area (TPSA) is 48.1 Å². The zero-order valence-corrected chi connectivity index (χ0v) is 10.8. The third-order valence-corrected chi connectivity index (χ3v) is 2.48. The van der Waals surface area contributed by atoms with Crippen molar-refractivity contribution in [1.82, 2.24) is 4.98 Å². The predicted molar refractivity (Wildman–Crippen MR) is 64.8 cm³/mol. The Kier molecular flexibility index (Phi) is 5.05. The first kappa shape index (κ1) is 12.5. The molecule has 0 aliphatic heterocycles. The van der Waals surface area contributed by atoms with Crippen molar-refractivity contribution < 1.29 is 4.74 Å². The molecular weight excluding hydrogens is 256 g/mol. The second kappa shape index (κ2) is 6.08. The first-order valence-electron chi connectivity index (χ1n) is 5.10.